The largest absolute Gasteiger partial charge is 0.495 e. The van der Waals surface area contributed by atoms with Crippen LogP contribution in [0.15, 0.2) is 24.3 Å². The van der Waals surface area contributed by atoms with Crippen LogP contribution in [0.4, 0.5) is 10.5 Å². The fourth-order valence-electron chi connectivity index (χ4n) is 3.72. The molecule has 1 aromatic rings. The molecule has 2 N–H and O–H groups in total. The van der Waals surface area contributed by atoms with Gasteiger partial charge in [-0.05, 0) is 30.9 Å². The molecular weight excluding hydrogens is 322 g/mol. The Kier molecular flexibility index (Phi) is 4.65. The molecule has 134 valence electrons. The van der Waals surface area contributed by atoms with Crippen LogP contribution >= 0.6 is 0 Å². The number of methoxy groups -OCH3 is 1. The maximum absolute atomic E-state index is 12.9. The summed E-state index contributed by atoms with van der Waals surface area (Å²) < 4.78 is 5.19. The van der Waals surface area contributed by atoms with Gasteiger partial charge in [0.2, 0.25) is 5.91 Å². The number of imide groups is 1. The number of nitrogens with one attached hydrogen (secondary N) is 2. The normalized spacial score (nSPS) is 25.8. The van der Waals surface area contributed by atoms with Gasteiger partial charge in [0, 0.05) is 0 Å². The number of para-hydroxylation sites is 2. The Balaban J connectivity index is 1.71. The Morgan fingerprint density at radius 1 is 1.36 bits per heavy atom. The van der Waals surface area contributed by atoms with Gasteiger partial charge in [-0.1, -0.05) is 31.9 Å². The molecule has 7 heteroatoms. The van der Waals surface area contributed by atoms with E-state index in [4.69, 9.17) is 4.74 Å². The van der Waals surface area contributed by atoms with E-state index in [1.165, 1.54) is 7.11 Å². The van der Waals surface area contributed by atoms with Gasteiger partial charge in [-0.3, -0.25) is 14.5 Å². The molecule has 0 bridgehead atoms. The molecule has 0 radical (unpaired) electrons. The SMILES string of the molecule is COc1ccccc1NC(=O)CN1C(=O)N[C@]2(CCCC[C@H]2C)C1=O. The standard InChI is InChI=1S/C18H23N3O4/c1-12-7-5-6-10-18(12)16(23)21(17(24)20-18)11-15(22)19-13-8-3-4-9-14(13)25-2/h3-4,8-9,12H,5-7,10-11H2,1-2H3,(H,19,22)(H,20,24)/t12-,18+/m1/s1. The molecule has 2 aliphatic rings. The van der Waals surface area contributed by atoms with Gasteiger partial charge < -0.3 is 15.4 Å². The Morgan fingerprint density at radius 3 is 2.84 bits per heavy atom. The van der Waals surface area contributed by atoms with E-state index >= 15 is 0 Å². The third-order valence-electron chi connectivity index (χ3n) is 5.18. The lowest BCUT2D eigenvalue weighted by molar-refractivity contribution is -0.136. The molecule has 1 saturated carbocycles. The van der Waals surface area contributed by atoms with E-state index in [-0.39, 0.29) is 18.4 Å². The molecule has 25 heavy (non-hydrogen) atoms. The number of nitrogens with zero attached hydrogens (tertiary/aromatic N) is 1. The first-order valence-corrected chi connectivity index (χ1v) is 8.55. The number of hydrogen-bond acceptors (Lipinski definition) is 4. The second-order valence-electron chi connectivity index (χ2n) is 6.69. The van der Waals surface area contributed by atoms with Gasteiger partial charge in [-0.25, -0.2) is 4.79 Å². The van der Waals surface area contributed by atoms with E-state index in [1.54, 1.807) is 24.3 Å². The predicted octanol–water partition coefficient (Wildman–Crippen LogP) is 2.13. The predicted molar refractivity (Wildman–Crippen MR) is 92.2 cm³/mol. The number of hydrogen-bond donors (Lipinski definition) is 2. The summed E-state index contributed by atoms with van der Waals surface area (Å²) in [5.74, 6) is -0.140. The van der Waals surface area contributed by atoms with Crippen LogP contribution in [0.25, 0.3) is 0 Å². The molecule has 0 unspecified atom stereocenters. The summed E-state index contributed by atoms with van der Waals surface area (Å²) in [7, 11) is 1.51. The molecule has 1 spiro atoms. The number of carbonyl (C=O) groups excluding carboxylic acids is 3. The van der Waals surface area contributed by atoms with Crippen LogP contribution in [0.1, 0.15) is 32.6 Å². The van der Waals surface area contributed by atoms with Crippen LogP contribution in [-0.4, -0.2) is 41.9 Å². The summed E-state index contributed by atoms with van der Waals surface area (Å²) in [4.78, 5) is 38.5. The van der Waals surface area contributed by atoms with Crippen molar-refractivity contribution in [3.05, 3.63) is 24.3 Å². The van der Waals surface area contributed by atoms with Crippen LogP contribution in [0, 0.1) is 5.92 Å². The van der Waals surface area contributed by atoms with Crippen molar-refractivity contribution in [2.45, 2.75) is 38.1 Å². The number of anilines is 1. The molecule has 1 aliphatic carbocycles. The molecule has 1 saturated heterocycles. The minimum Gasteiger partial charge on any atom is -0.495 e. The summed E-state index contributed by atoms with van der Waals surface area (Å²) in [5.41, 5.74) is -0.345. The highest BCUT2D eigenvalue weighted by Gasteiger charge is 2.55. The summed E-state index contributed by atoms with van der Waals surface area (Å²) in [6.45, 7) is 1.67. The van der Waals surface area contributed by atoms with Gasteiger partial charge in [0.05, 0.1) is 12.8 Å². The first-order valence-electron chi connectivity index (χ1n) is 8.55. The highest BCUT2D eigenvalue weighted by atomic mass is 16.5. The summed E-state index contributed by atoms with van der Waals surface area (Å²) in [6.07, 6.45) is 3.48. The van der Waals surface area contributed by atoms with E-state index in [2.05, 4.69) is 10.6 Å². The quantitative estimate of drug-likeness (QED) is 0.819. The highest BCUT2D eigenvalue weighted by Crippen LogP contribution is 2.38. The molecule has 1 heterocycles. The lowest BCUT2D eigenvalue weighted by Gasteiger charge is -2.36. The van der Waals surface area contributed by atoms with Crippen molar-refractivity contribution in [3.8, 4) is 5.75 Å². The lowest BCUT2D eigenvalue weighted by atomic mass is 9.73. The minimum absolute atomic E-state index is 0.0694. The van der Waals surface area contributed by atoms with E-state index < -0.39 is 17.5 Å². The highest BCUT2D eigenvalue weighted by molar-refractivity contribution is 6.10. The lowest BCUT2D eigenvalue weighted by Crippen LogP contribution is -2.54. The average molecular weight is 345 g/mol. The van der Waals surface area contributed by atoms with E-state index in [0.717, 1.165) is 24.2 Å². The number of benzene rings is 1. The van der Waals surface area contributed by atoms with Crippen molar-refractivity contribution >= 4 is 23.5 Å². The van der Waals surface area contributed by atoms with Crippen molar-refractivity contribution in [2.75, 3.05) is 19.0 Å². The molecular formula is C18H23N3O4. The summed E-state index contributed by atoms with van der Waals surface area (Å²) >= 11 is 0. The molecule has 0 aromatic heterocycles. The number of amides is 4. The first-order chi connectivity index (χ1) is 12.0. The van der Waals surface area contributed by atoms with Crippen molar-refractivity contribution in [3.63, 3.8) is 0 Å². The molecule has 4 amide bonds. The Bertz CT molecular complexity index is 705. The third kappa shape index (κ3) is 3.06. The van der Waals surface area contributed by atoms with Crippen molar-refractivity contribution in [2.24, 2.45) is 5.92 Å². The number of urea groups is 1. The van der Waals surface area contributed by atoms with E-state index in [1.807, 2.05) is 6.92 Å². The zero-order valence-corrected chi connectivity index (χ0v) is 14.5. The smallest absolute Gasteiger partial charge is 0.325 e. The fourth-order valence-corrected chi connectivity index (χ4v) is 3.72. The maximum Gasteiger partial charge on any atom is 0.325 e. The maximum atomic E-state index is 12.9. The monoisotopic (exact) mass is 345 g/mol. The summed E-state index contributed by atoms with van der Waals surface area (Å²) in [6, 6.07) is 6.49. The van der Waals surface area contributed by atoms with Gasteiger partial charge in [0.25, 0.3) is 5.91 Å². The van der Waals surface area contributed by atoms with Gasteiger partial charge in [-0.15, -0.1) is 0 Å². The zero-order chi connectivity index (χ0) is 18.0. The number of carbonyl (C=O) groups is 3. The Morgan fingerprint density at radius 2 is 2.12 bits per heavy atom. The third-order valence-corrected chi connectivity index (χ3v) is 5.18. The molecule has 7 nitrogen and oxygen atoms in total. The van der Waals surface area contributed by atoms with E-state index in [9.17, 15) is 14.4 Å². The molecule has 3 rings (SSSR count). The van der Waals surface area contributed by atoms with E-state index in [0.29, 0.717) is 17.9 Å². The number of rotatable bonds is 4. The Hall–Kier alpha value is -2.57. The second kappa shape index (κ2) is 6.74. The first kappa shape index (κ1) is 17.3. The molecule has 1 aliphatic heterocycles. The van der Waals surface area contributed by atoms with Gasteiger partial charge in [0.1, 0.15) is 17.8 Å². The number of ether oxygens (including phenoxy) is 1. The topological polar surface area (TPSA) is 87.7 Å². The molecule has 2 atom stereocenters. The van der Waals surface area contributed by atoms with Crippen molar-refractivity contribution < 1.29 is 19.1 Å². The Labute approximate surface area is 146 Å². The van der Waals surface area contributed by atoms with Gasteiger partial charge >= 0.3 is 6.03 Å². The molecule has 1 aromatic carbocycles. The minimum atomic E-state index is -0.847. The zero-order valence-electron chi connectivity index (χ0n) is 14.5. The van der Waals surface area contributed by atoms with Crippen molar-refractivity contribution in [1.29, 1.82) is 0 Å². The van der Waals surface area contributed by atoms with Crippen LogP contribution in [0.5, 0.6) is 5.75 Å². The molecule has 2 fully saturated rings. The second-order valence-corrected chi connectivity index (χ2v) is 6.69. The van der Waals surface area contributed by atoms with Gasteiger partial charge in [-0.2, -0.15) is 0 Å². The van der Waals surface area contributed by atoms with Crippen molar-refractivity contribution in [1.82, 2.24) is 10.2 Å². The van der Waals surface area contributed by atoms with Crippen LogP contribution < -0.4 is 15.4 Å². The summed E-state index contributed by atoms with van der Waals surface area (Å²) in [5, 5.41) is 5.54. The van der Waals surface area contributed by atoms with Gasteiger partial charge in [0.15, 0.2) is 0 Å². The van der Waals surface area contributed by atoms with Crippen LogP contribution in [0.3, 0.4) is 0 Å². The fraction of sp³-hybridized carbons (Fsp3) is 0.500. The van der Waals surface area contributed by atoms with Crippen LogP contribution in [0.2, 0.25) is 0 Å². The van der Waals surface area contributed by atoms with Crippen LogP contribution in [-0.2, 0) is 9.59 Å². The average Bonchev–Trinajstić information content (AvgIpc) is 2.83.